The van der Waals surface area contributed by atoms with E-state index in [1.807, 2.05) is 0 Å². The number of carbonyl (C=O) groups is 2. The van der Waals surface area contributed by atoms with E-state index < -0.39 is 0 Å². The van der Waals surface area contributed by atoms with Crippen molar-refractivity contribution in [3.63, 3.8) is 0 Å². The van der Waals surface area contributed by atoms with E-state index in [2.05, 4.69) is 26.0 Å². The van der Waals surface area contributed by atoms with Gasteiger partial charge in [-0.1, -0.05) is 0 Å². The lowest BCUT2D eigenvalue weighted by atomic mass is 10.1. The van der Waals surface area contributed by atoms with Gasteiger partial charge in [-0.15, -0.1) is 0 Å². The molecule has 24 heavy (non-hydrogen) atoms. The maximum Gasteiger partial charge on any atom is 0.255 e. The predicted octanol–water partition coefficient (Wildman–Crippen LogP) is 2.18. The average Bonchev–Trinajstić information content (AvgIpc) is 3.02. The number of fused-ring (bicyclic) bond motifs is 1. The lowest BCUT2D eigenvalue weighted by Gasteiger charge is -2.12. The van der Waals surface area contributed by atoms with Crippen molar-refractivity contribution in [2.75, 3.05) is 17.7 Å². The summed E-state index contributed by atoms with van der Waals surface area (Å²) in [4.78, 5) is 23.6. The number of amides is 2. The van der Waals surface area contributed by atoms with Gasteiger partial charge in [0.1, 0.15) is 16.8 Å². The zero-order valence-electron chi connectivity index (χ0n) is 13.1. The van der Waals surface area contributed by atoms with E-state index in [-0.39, 0.29) is 11.8 Å². The minimum absolute atomic E-state index is 0.228. The van der Waals surface area contributed by atoms with Crippen molar-refractivity contribution in [2.24, 2.45) is 0 Å². The number of methoxy groups -OCH3 is 1. The van der Waals surface area contributed by atoms with Crippen LogP contribution in [0.15, 0.2) is 36.4 Å². The summed E-state index contributed by atoms with van der Waals surface area (Å²) in [6, 6.07) is 10.0. The van der Waals surface area contributed by atoms with Crippen molar-refractivity contribution in [1.29, 1.82) is 0 Å². The molecule has 0 saturated heterocycles. The molecule has 2 amide bonds. The Hall–Kier alpha value is -3.42. The Balaban J connectivity index is 1.84. The molecule has 0 aliphatic rings. The lowest BCUT2D eigenvalue weighted by Crippen LogP contribution is -2.13. The molecule has 0 aliphatic heterocycles. The van der Waals surface area contributed by atoms with E-state index in [9.17, 15) is 9.59 Å². The summed E-state index contributed by atoms with van der Waals surface area (Å²) in [7, 11) is 1.51. The van der Waals surface area contributed by atoms with Crippen molar-refractivity contribution in [3.05, 3.63) is 42.0 Å². The number of nitrogens with zero attached hydrogens (tertiary/aromatic N) is 2. The topological polar surface area (TPSA) is 109 Å². The van der Waals surface area contributed by atoms with Gasteiger partial charge in [-0.25, -0.2) is 0 Å². The van der Waals surface area contributed by atoms with Crippen LogP contribution in [-0.2, 0) is 4.79 Å². The van der Waals surface area contributed by atoms with Crippen LogP contribution in [-0.4, -0.2) is 34.3 Å². The van der Waals surface area contributed by atoms with Crippen molar-refractivity contribution >= 4 is 34.2 Å². The van der Waals surface area contributed by atoms with Gasteiger partial charge in [0.05, 0.1) is 12.8 Å². The van der Waals surface area contributed by atoms with Crippen LogP contribution in [0.3, 0.4) is 0 Å². The Morgan fingerprint density at radius 3 is 2.58 bits per heavy atom. The summed E-state index contributed by atoms with van der Waals surface area (Å²) in [5.74, 6) is -0.0145. The van der Waals surface area contributed by atoms with Gasteiger partial charge in [0.25, 0.3) is 5.91 Å². The highest BCUT2D eigenvalue weighted by molar-refractivity contribution is 6.06. The number of rotatable bonds is 4. The molecule has 0 fully saturated rings. The number of benzene rings is 2. The monoisotopic (exact) mass is 325 g/mol. The molecule has 3 rings (SSSR count). The summed E-state index contributed by atoms with van der Waals surface area (Å²) < 4.78 is 5.18. The molecule has 0 unspecified atom stereocenters. The summed E-state index contributed by atoms with van der Waals surface area (Å²) >= 11 is 0. The highest BCUT2D eigenvalue weighted by Gasteiger charge is 2.11. The molecule has 1 heterocycles. The number of ether oxygens (including phenoxy) is 1. The van der Waals surface area contributed by atoms with Gasteiger partial charge >= 0.3 is 0 Å². The molecule has 0 bridgehead atoms. The van der Waals surface area contributed by atoms with Crippen LogP contribution in [0.25, 0.3) is 11.0 Å². The Bertz CT molecular complexity index is 919. The molecule has 0 radical (unpaired) electrons. The van der Waals surface area contributed by atoms with E-state index in [0.29, 0.717) is 33.7 Å². The van der Waals surface area contributed by atoms with E-state index in [1.54, 1.807) is 36.4 Å². The number of hydrogen-bond donors (Lipinski definition) is 3. The Kier molecular flexibility index (Phi) is 4.11. The summed E-state index contributed by atoms with van der Waals surface area (Å²) in [6.07, 6.45) is 0. The van der Waals surface area contributed by atoms with E-state index in [0.717, 1.165) is 0 Å². The molecule has 3 aromatic rings. The molecule has 3 N–H and O–H groups in total. The normalized spacial score (nSPS) is 10.4. The molecular formula is C16H15N5O3. The highest BCUT2D eigenvalue weighted by atomic mass is 16.5. The molecule has 0 saturated carbocycles. The Morgan fingerprint density at radius 2 is 1.83 bits per heavy atom. The standard InChI is InChI=1S/C16H15N5O3/c1-9(22)17-14-8-11(4-6-15(14)24-2)18-16(23)10-3-5-12-13(7-10)20-21-19-12/h3-8H,1-2H3,(H,17,22)(H,18,23)(H,19,20,21). The van der Waals surface area contributed by atoms with Crippen molar-refractivity contribution in [2.45, 2.75) is 6.92 Å². The van der Waals surface area contributed by atoms with Gasteiger partial charge in [-0.3, -0.25) is 9.59 Å². The minimum Gasteiger partial charge on any atom is -0.495 e. The molecule has 2 aromatic carbocycles. The maximum absolute atomic E-state index is 12.4. The van der Waals surface area contributed by atoms with Gasteiger partial charge in [-0.2, -0.15) is 15.4 Å². The van der Waals surface area contributed by atoms with Crippen LogP contribution in [0.1, 0.15) is 17.3 Å². The number of anilines is 2. The fourth-order valence-corrected chi connectivity index (χ4v) is 2.26. The molecule has 8 nitrogen and oxygen atoms in total. The number of hydrogen-bond acceptors (Lipinski definition) is 5. The maximum atomic E-state index is 12.4. The predicted molar refractivity (Wildman–Crippen MR) is 89.1 cm³/mol. The first-order valence-corrected chi connectivity index (χ1v) is 7.14. The first-order valence-electron chi connectivity index (χ1n) is 7.14. The molecule has 0 spiro atoms. The van der Waals surface area contributed by atoms with Gasteiger partial charge in [-0.05, 0) is 36.4 Å². The summed E-state index contributed by atoms with van der Waals surface area (Å²) in [6.45, 7) is 1.40. The number of carbonyl (C=O) groups excluding carboxylic acids is 2. The van der Waals surface area contributed by atoms with Gasteiger partial charge < -0.3 is 15.4 Å². The zero-order valence-corrected chi connectivity index (χ0v) is 13.1. The van der Waals surface area contributed by atoms with Gasteiger partial charge in [0.2, 0.25) is 5.91 Å². The average molecular weight is 325 g/mol. The van der Waals surface area contributed by atoms with Crippen LogP contribution in [0.5, 0.6) is 5.75 Å². The second-order valence-electron chi connectivity index (χ2n) is 5.08. The molecule has 122 valence electrons. The number of H-pyrrole nitrogens is 1. The number of aromatic nitrogens is 3. The molecule has 0 atom stereocenters. The molecule has 8 heteroatoms. The Morgan fingerprint density at radius 1 is 1.04 bits per heavy atom. The van der Waals surface area contributed by atoms with Crippen molar-refractivity contribution in [1.82, 2.24) is 15.4 Å². The van der Waals surface area contributed by atoms with Gasteiger partial charge in [0, 0.05) is 18.2 Å². The molecule has 1 aromatic heterocycles. The third-order valence-electron chi connectivity index (χ3n) is 3.35. The van der Waals surface area contributed by atoms with E-state index in [4.69, 9.17) is 4.74 Å². The summed E-state index contributed by atoms with van der Waals surface area (Å²) in [5, 5.41) is 15.8. The quantitative estimate of drug-likeness (QED) is 0.681. The Labute approximate surface area is 137 Å². The highest BCUT2D eigenvalue weighted by Crippen LogP contribution is 2.28. The first kappa shape index (κ1) is 15.5. The fourth-order valence-electron chi connectivity index (χ4n) is 2.26. The number of nitrogens with one attached hydrogen (secondary N) is 3. The fraction of sp³-hybridized carbons (Fsp3) is 0.125. The zero-order chi connectivity index (χ0) is 17.1. The second kappa shape index (κ2) is 6.37. The third kappa shape index (κ3) is 3.17. The second-order valence-corrected chi connectivity index (χ2v) is 5.08. The number of aromatic amines is 1. The van der Waals surface area contributed by atoms with E-state index in [1.165, 1.54) is 14.0 Å². The van der Waals surface area contributed by atoms with Crippen molar-refractivity contribution in [3.8, 4) is 5.75 Å². The van der Waals surface area contributed by atoms with Crippen molar-refractivity contribution < 1.29 is 14.3 Å². The SMILES string of the molecule is COc1ccc(NC(=O)c2ccc3n[nH]nc3c2)cc1NC(C)=O. The largest absolute Gasteiger partial charge is 0.495 e. The minimum atomic E-state index is -0.293. The smallest absolute Gasteiger partial charge is 0.255 e. The van der Waals surface area contributed by atoms with E-state index >= 15 is 0 Å². The van der Waals surface area contributed by atoms with Crippen LogP contribution in [0.4, 0.5) is 11.4 Å². The van der Waals surface area contributed by atoms with Crippen LogP contribution >= 0.6 is 0 Å². The van der Waals surface area contributed by atoms with Crippen LogP contribution in [0.2, 0.25) is 0 Å². The molecule has 0 aliphatic carbocycles. The summed E-state index contributed by atoms with van der Waals surface area (Å²) in [5.41, 5.74) is 2.76. The lowest BCUT2D eigenvalue weighted by molar-refractivity contribution is -0.114. The van der Waals surface area contributed by atoms with Crippen LogP contribution < -0.4 is 15.4 Å². The first-order chi connectivity index (χ1) is 11.6. The third-order valence-corrected chi connectivity index (χ3v) is 3.35. The van der Waals surface area contributed by atoms with Crippen LogP contribution in [0, 0.1) is 0 Å². The molecular weight excluding hydrogens is 310 g/mol. The van der Waals surface area contributed by atoms with Gasteiger partial charge in [0.15, 0.2) is 0 Å².